The summed E-state index contributed by atoms with van der Waals surface area (Å²) in [6.45, 7) is 6.97. The van der Waals surface area contributed by atoms with Crippen LogP contribution in [0.15, 0.2) is 0 Å². The van der Waals surface area contributed by atoms with Gasteiger partial charge in [-0.05, 0) is 0 Å². The van der Waals surface area contributed by atoms with E-state index in [-0.39, 0.29) is 8.80 Å². The highest BCUT2D eigenvalue weighted by Gasteiger charge is 2.05. The summed E-state index contributed by atoms with van der Waals surface area (Å²) < 4.78 is 0. The average Bonchev–Trinajstić information content (AvgIpc) is 2.04. The second-order valence-corrected chi connectivity index (χ2v) is 7.04. The molecule has 0 spiro atoms. The lowest BCUT2D eigenvalue weighted by Crippen LogP contribution is -2.09. The van der Waals surface area contributed by atoms with Gasteiger partial charge in [0.1, 0.15) is 0 Å². The van der Waals surface area contributed by atoms with Crippen LogP contribution in [-0.4, -0.2) is 31.2 Å². The molecule has 0 rings (SSSR count). The molecule has 14 heavy (non-hydrogen) atoms. The summed E-state index contributed by atoms with van der Waals surface area (Å²) in [5, 5.41) is 21.5. The summed E-state index contributed by atoms with van der Waals surface area (Å²) >= 11 is 0. The van der Waals surface area contributed by atoms with Crippen molar-refractivity contribution in [2.24, 2.45) is 0 Å². The van der Waals surface area contributed by atoms with Crippen LogP contribution in [0.5, 0.6) is 0 Å². The third kappa shape index (κ3) is 18.1. The molecule has 0 aliphatic heterocycles. The first kappa shape index (κ1) is 16.6. The second-order valence-electron chi connectivity index (χ2n) is 3.58. The van der Waals surface area contributed by atoms with Gasteiger partial charge in [-0.2, -0.15) is 0 Å². The maximum Gasteiger partial charge on any atom is 0.631 e. The number of rotatable bonds is 6. The molecule has 5 heteroatoms. The van der Waals surface area contributed by atoms with Crippen LogP contribution in [0.4, 0.5) is 0 Å². The van der Waals surface area contributed by atoms with Crippen molar-refractivity contribution in [3.63, 3.8) is 0 Å². The average molecular weight is 220 g/mol. The summed E-state index contributed by atoms with van der Waals surface area (Å²) in [5.41, 5.74) is 0. The van der Waals surface area contributed by atoms with Crippen molar-refractivity contribution >= 4 is 16.1 Å². The fourth-order valence-electron chi connectivity index (χ4n) is 1.66. The molecule has 0 radical (unpaired) electrons. The highest BCUT2D eigenvalue weighted by Crippen LogP contribution is 2.11. The molecule has 86 valence electrons. The predicted octanol–water partition coefficient (Wildman–Crippen LogP) is 1.39. The molecule has 0 aliphatic carbocycles. The zero-order valence-electron chi connectivity index (χ0n) is 9.74. The lowest BCUT2D eigenvalue weighted by atomic mass is 10.3. The van der Waals surface area contributed by atoms with Gasteiger partial charge in [0.2, 0.25) is 0 Å². The van der Waals surface area contributed by atoms with Crippen molar-refractivity contribution in [1.29, 1.82) is 0 Å². The Balaban J connectivity index is 0. The molecule has 3 N–H and O–H groups in total. The van der Waals surface area contributed by atoms with Crippen LogP contribution in [0.3, 0.4) is 0 Å². The SMILES string of the molecule is CCC[SiH](CCC)CCC.OB(O)O. The third-order valence-electron chi connectivity index (χ3n) is 2.09. The first-order valence-electron chi connectivity index (χ1n) is 5.62. The Hall–Kier alpha value is 0.162. The van der Waals surface area contributed by atoms with Crippen molar-refractivity contribution in [1.82, 2.24) is 0 Å². The Bertz CT molecular complexity index is 87.0. The first-order valence-corrected chi connectivity index (χ1v) is 8.07. The van der Waals surface area contributed by atoms with Crippen LogP contribution >= 0.6 is 0 Å². The van der Waals surface area contributed by atoms with Crippen LogP contribution < -0.4 is 0 Å². The van der Waals surface area contributed by atoms with Gasteiger partial charge >= 0.3 is 7.32 Å². The van der Waals surface area contributed by atoms with E-state index in [0.717, 1.165) is 0 Å². The maximum absolute atomic E-state index is 7.17. The summed E-state index contributed by atoms with van der Waals surface area (Å²) in [6.07, 6.45) is 4.28. The maximum atomic E-state index is 7.17. The molecule has 0 aromatic heterocycles. The molecule has 0 aromatic rings. The molecule has 0 atom stereocenters. The fraction of sp³-hybridized carbons (Fsp3) is 1.00. The van der Waals surface area contributed by atoms with E-state index in [2.05, 4.69) is 20.8 Å². The summed E-state index contributed by atoms with van der Waals surface area (Å²) in [7, 11) is -2.40. The Kier molecular flexibility index (Phi) is 15.6. The van der Waals surface area contributed by atoms with Crippen LogP contribution in [0.25, 0.3) is 0 Å². The molecule has 0 amide bonds. The molecule has 0 saturated heterocycles. The number of hydrogen-bond donors (Lipinski definition) is 3. The highest BCUT2D eigenvalue weighted by atomic mass is 28.3. The largest absolute Gasteiger partial charge is 0.631 e. The van der Waals surface area contributed by atoms with Gasteiger partial charge in [-0.15, -0.1) is 0 Å². The van der Waals surface area contributed by atoms with E-state index in [0.29, 0.717) is 0 Å². The normalized spacial score (nSPS) is 9.64. The van der Waals surface area contributed by atoms with E-state index in [4.69, 9.17) is 15.1 Å². The third-order valence-corrected chi connectivity index (χ3v) is 6.27. The van der Waals surface area contributed by atoms with Crippen molar-refractivity contribution in [3.05, 3.63) is 0 Å². The fourth-order valence-corrected chi connectivity index (χ4v) is 4.97. The Morgan fingerprint density at radius 2 is 1.00 bits per heavy atom. The van der Waals surface area contributed by atoms with E-state index in [1.807, 2.05) is 0 Å². The lowest BCUT2D eigenvalue weighted by molar-refractivity contribution is 0.278. The Morgan fingerprint density at radius 3 is 1.14 bits per heavy atom. The van der Waals surface area contributed by atoms with Crippen LogP contribution in [-0.2, 0) is 0 Å². The smallest absolute Gasteiger partial charge is 0.402 e. The molecule has 0 heterocycles. The lowest BCUT2D eigenvalue weighted by Gasteiger charge is -2.10. The van der Waals surface area contributed by atoms with Crippen molar-refractivity contribution in [2.45, 2.75) is 58.2 Å². The van der Waals surface area contributed by atoms with E-state index in [1.54, 1.807) is 18.1 Å². The zero-order valence-corrected chi connectivity index (χ0v) is 10.9. The molecule has 0 unspecified atom stereocenters. The van der Waals surface area contributed by atoms with Crippen LogP contribution in [0.2, 0.25) is 18.1 Å². The molecular weight excluding hydrogens is 195 g/mol. The monoisotopic (exact) mass is 220 g/mol. The number of hydrogen-bond acceptors (Lipinski definition) is 3. The summed E-state index contributed by atoms with van der Waals surface area (Å²) in [6, 6.07) is 4.76. The predicted molar refractivity (Wildman–Crippen MR) is 64.9 cm³/mol. The highest BCUT2D eigenvalue weighted by molar-refractivity contribution is 6.58. The molecule has 0 aliphatic rings. The topological polar surface area (TPSA) is 60.7 Å². The minimum atomic E-state index is -2.17. The zero-order chi connectivity index (χ0) is 11.4. The Labute approximate surface area is 90.0 Å². The summed E-state index contributed by atoms with van der Waals surface area (Å²) in [5.74, 6) is 0. The van der Waals surface area contributed by atoms with Gasteiger partial charge in [0.15, 0.2) is 0 Å². The minimum absolute atomic E-state index is 0.234. The molecule has 0 saturated carbocycles. The first-order chi connectivity index (χ1) is 6.58. The van der Waals surface area contributed by atoms with Gasteiger partial charge in [0.05, 0.1) is 0 Å². The quantitative estimate of drug-likeness (QED) is 0.593. The second kappa shape index (κ2) is 13.2. The molecular formula is C9H25BO3Si. The van der Waals surface area contributed by atoms with E-state index in [1.165, 1.54) is 19.3 Å². The van der Waals surface area contributed by atoms with Crippen molar-refractivity contribution in [3.8, 4) is 0 Å². The van der Waals surface area contributed by atoms with Gasteiger partial charge in [0, 0.05) is 8.80 Å². The van der Waals surface area contributed by atoms with Gasteiger partial charge in [-0.25, -0.2) is 0 Å². The Morgan fingerprint density at radius 1 is 0.786 bits per heavy atom. The van der Waals surface area contributed by atoms with Crippen molar-refractivity contribution in [2.75, 3.05) is 0 Å². The summed E-state index contributed by atoms with van der Waals surface area (Å²) in [4.78, 5) is 0. The molecule has 0 fully saturated rings. The van der Waals surface area contributed by atoms with E-state index in [9.17, 15) is 0 Å². The minimum Gasteiger partial charge on any atom is -0.402 e. The molecule has 3 nitrogen and oxygen atoms in total. The van der Waals surface area contributed by atoms with Crippen molar-refractivity contribution < 1.29 is 15.1 Å². The van der Waals surface area contributed by atoms with E-state index < -0.39 is 7.32 Å². The van der Waals surface area contributed by atoms with Gasteiger partial charge in [0.25, 0.3) is 0 Å². The molecule has 0 bridgehead atoms. The standard InChI is InChI=1S/C9H22Si.BH3O3/c1-4-7-10(8-5-2)9-6-3;2-1(3)4/h10H,4-9H2,1-3H3;2-4H. The van der Waals surface area contributed by atoms with E-state index >= 15 is 0 Å². The molecule has 0 aromatic carbocycles. The van der Waals surface area contributed by atoms with Gasteiger partial charge in [-0.3, -0.25) is 0 Å². The van der Waals surface area contributed by atoms with Crippen LogP contribution in [0, 0.1) is 0 Å². The van der Waals surface area contributed by atoms with Gasteiger partial charge in [-0.1, -0.05) is 58.2 Å². The van der Waals surface area contributed by atoms with Crippen LogP contribution in [0.1, 0.15) is 40.0 Å². The van der Waals surface area contributed by atoms with Gasteiger partial charge < -0.3 is 15.1 Å².